The third-order valence-corrected chi connectivity index (χ3v) is 5.35. The van der Waals surface area contributed by atoms with Crippen LogP contribution in [-0.4, -0.2) is 43.1 Å². The standard InChI is InChI=1S/C17H24N2O3S/c1-11-14-12-7-5-8-13(21-4)15(12)22-17(11,2)19(16(23)18-14)9-6-10-20-3/h5,7-8,11,14H,6,9-10H2,1-4H3,(H,18,23)/t11-,14+,17-/m0/s1. The molecule has 2 heterocycles. The van der Waals surface area contributed by atoms with E-state index in [9.17, 15) is 0 Å². The first-order valence-electron chi connectivity index (χ1n) is 7.96. The molecule has 1 N–H and O–H groups in total. The lowest BCUT2D eigenvalue weighted by molar-refractivity contribution is -0.112. The van der Waals surface area contributed by atoms with Crippen molar-refractivity contribution in [3.05, 3.63) is 23.8 Å². The molecule has 1 fully saturated rings. The van der Waals surface area contributed by atoms with E-state index in [2.05, 4.69) is 30.1 Å². The van der Waals surface area contributed by atoms with Crippen LogP contribution in [0.4, 0.5) is 0 Å². The molecule has 1 saturated heterocycles. The molecule has 3 atom stereocenters. The van der Waals surface area contributed by atoms with E-state index >= 15 is 0 Å². The molecule has 2 aliphatic heterocycles. The third kappa shape index (κ3) is 2.54. The molecule has 1 aromatic carbocycles. The van der Waals surface area contributed by atoms with Crippen molar-refractivity contribution in [1.29, 1.82) is 0 Å². The van der Waals surface area contributed by atoms with Gasteiger partial charge in [0, 0.05) is 31.7 Å². The van der Waals surface area contributed by atoms with Crippen LogP contribution in [0.3, 0.4) is 0 Å². The Labute approximate surface area is 142 Å². The summed E-state index contributed by atoms with van der Waals surface area (Å²) in [6, 6.07) is 6.13. The van der Waals surface area contributed by atoms with E-state index in [1.807, 2.05) is 12.1 Å². The minimum absolute atomic E-state index is 0.130. The van der Waals surface area contributed by atoms with Gasteiger partial charge in [-0.15, -0.1) is 0 Å². The van der Waals surface area contributed by atoms with Crippen molar-refractivity contribution >= 4 is 17.3 Å². The van der Waals surface area contributed by atoms with Gasteiger partial charge in [-0.2, -0.15) is 0 Å². The van der Waals surface area contributed by atoms with Gasteiger partial charge in [-0.25, -0.2) is 0 Å². The predicted molar refractivity (Wildman–Crippen MR) is 92.9 cm³/mol. The summed E-state index contributed by atoms with van der Waals surface area (Å²) in [7, 11) is 3.38. The maximum absolute atomic E-state index is 6.47. The smallest absolute Gasteiger partial charge is 0.187 e. The Bertz CT molecular complexity index is 610. The highest BCUT2D eigenvalue weighted by Gasteiger charge is 2.53. The summed E-state index contributed by atoms with van der Waals surface area (Å²) in [5.74, 6) is 1.82. The van der Waals surface area contributed by atoms with Crippen LogP contribution in [0.1, 0.15) is 31.9 Å². The van der Waals surface area contributed by atoms with Crippen molar-refractivity contribution in [1.82, 2.24) is 10.2 Å². The Morgan fingerprint density at radius 3 is 2.87 bits per heavy atom. The summed E-state index contributed by atoms with van der Waals surface area (Å²) in [5, 5.41) is 4.22. The van der Waals surface area contributed by atoms with Crippen molar-refractivity contribution < 1.29 is 14.2 Å². The normalized spacial score (nSPS) is 28.7. The molecule has 0 saturated carbocycles. The van der Waals surface area contributed by atoms with E-state index in [1.165, 1.54) is 0 Å². The van der Waals surface area contributed by atoms with Crippen molar-refractivity contribution in [2.45, 2.75) is 32.0 Å². The number of fused-ring (bicyclic) bond motifs is 4. The van der Waals surface area contributed by atoms with E-state index < -0.39 is 5.72 Å². The summed E-state index contributed by atoms with van der Waals surface area (Å²) in [6.07, 6.45) is 0.896. The molecule has 6 heteroatoms. The molecule has 0 unspecified atom stereocenters. The lowest BCUT2D eigenvalue weighted by atomic mass is 9.80. The Morgan fingerprint density at radius 1 is 1.39 bits per heavy atom. The van der Waals surface area contributed by atoms with Crippen molar-refractivity contribution in [2.75, 3.05) is 27.4 Å². The minimum atomic E-state index is -0.498. The molecule has 0 radical (unpaired) electrons. The predicted octanol–water partition coefficient (Wildman–Crippen LogP) is 2.71. The van der Waals surface area contributed by atoms with Crippen molar-refractivity contribution in [3.63, 3.8) is 0 Å². The number of hydrogen-bond donors (Lipinski definition) is 1. The van der Waals surface area contributed by atoms with Gasteiger partial charge in [-0.3, -0.25) is 0 Å². The highest BCUT2D eigenvalue weighted by molar-refractivity contribution is 7.80. The molecule has 126 valence electrons. The summed E-state index contributed by atoms with van der Waals surface area (Å²) in [5.41, 5.74) is 0.607. The van der Waals surface area contributed by atoms with Crippen LogP contribution in [0.25, 0.3) is 0 Å². The SMILES string of the molecule is COCCCN1C(=S)N[C@H]2c3cccc(OC)c3O[C@@]1(C)[C@H]2C. The fourth-order valence-electron chi connectivity index (χ4n) is 3.53. The van der Waals surface area contributed by atoms with Crippen LogP contribution in [0.2, 0.25) is 0 Å². The molecule has 5 nitrogen and oxygen atoms in total. The second kappa shape index (κ2) is 6.17. The molecule has 1 aromatic rings. The van der Waals surface area contributed by atoms with Gasteiger partial charge in [0.15, 0.2) is 22.3 Å². The molecule has 0 aliphatic carbocycles. The number of thiocarbonyl (C=S) groups is 1. The number of ether oxygens (including phenoxy) is 3. The van der Waals surface area contributed by atoms with Crippen molar-refractivity contribution in [2.24, 2.45) is 5.92 Å². The number of rotatable bonds is 5. The van der Waals surface area contributed by atoms with Gasteiger partial charge < -0.3 is 24.4 Å². The molecule has 0 aromatic heterocycles. The van der Waals surface area contributed by atoms with Gasteiger partial charge in [0.1, 0.15) is 0 Å². The quantitative estimate of drug-likeness (QED) is 0.659. The molecule has 2 aliphatic rings. The van der Waals surface area contributed by atoms with Crippen LogP contribution in [0.15, 0.2) is 18.2 Å². The van der Waals surface area contributed by atoms with Crippen LogP contribution in [0, 0.1) is 5.92 Å². The molecule has 0 spiro atoms. The Balaban J connectivity index is 1.99. The molecule has 2 bridgehead atoms. The molecular formula is C17H24N2O3S. The zero-order valence-electron chi connectivity index (χ0n) is 14.1. The molecule has 0 amide bonds. The first-order valence-corrected chi connectivity index (χ1v) is 8.36. The van der Waals surface area contributed by atoms with Crippen LogP contribution in [-0.2, 0) is 4.74 Å². The zero-order valence-corrected chi connectivity index (χ0v) is 14.9. The van der Waals surface area contributed by atoms with E-state index in [1.54, 1.807) is 14.2 Å². The molecular weight excluding hydrogens is 312 g/mol. The Morgan fingerprint density at radius 2 is 2.17 bits per heavy atom. The third-order valence-electron chi connectivity index (χ3n) is 5.01. The summed E-state index contributed by atoms with van der Waals surface area (Å²) in [4.78, 5) is 2.14. The fraction of sp³-hybridized carbons (Fsp3) is 0.588. The van der Waals surface area contributed by atoms with Crippen molar-refractivity contribution in [3.8, 4) is 11.5 Å². The van der Waals surface area contributed by atoms with E-state index in [-0.39, 0.29) is 12.0 Å². The second-order valence-electron chi connectivity index (χ2n) is 6.25. The second-order valence-corrected chi connectivity index (χ2v) is 6.64. The molecule has 3 rings (SSSR count). The topological polar surface area (TPSA) is 43.0 Å². The van der Waals surface area contributed by atoms with Crippen LogP contribution in [0.5, 0.6) is 11.5 Å². The fourth-order valence-corrected chi connectivity index (χ4v) is 3.93. The average Bonchev–Trinajstić information content (AvgIpc) is 2.53. The Kier molecular flexibility index (Phi) is 4.38. The number of nitrogens with one attached hydrogen (secondary N) is 1. The summed E-state index contributed by atoms with van der Waals surface area (Å²) >= 11 is 5.61. The Hall–Kier alpha value is -1.53. The minimum Gasteiger partial charge on any atom is -0.493 e. The largest absolute Gasteiger partial charge is 0.493 e. The summed E-state index contributed by atoms with van der Waals surface area (Å²) in [6.45, 7) is 5.80. The van der Waals surface area contributed by atoms with E-state index in [0.717, 1.165) is 35.1 Å². The van der Waals surface area contributed by atoms with Gasteiger partial charge in [-0.05, 0) is 31.6 Å². The monoisotopic (exact) mass is 336 g/mol. The maximum Gasteiger partial charge on any atom is 0.187 e. The summed E-state index contributed by atoms with van der Waals surface area (Å²) < 4.78 is 17.1. The number of hydrogen-bond acceptors (Lipinski definition) is 4. The highest BCUT2D eigenvalue weighted by Crippen LogP contribution is 2.50. The first-order chi connectivity index (χ1) is 11.0. The van der Waals surface area contributed by atoms with E-state index in [4.69, 9.17) is 26.4 Å². The highest BCUT2D eigenvalue weighted by atomic mass is 32.1. The molecule has 23 heavy (non-hydrogen) atoms. The number of methoxy groups -OCH3 is 2. The zero-order chi connectivity index (χ0) is 16.6. The number of para-hydroxylation sites is 1. The maximum atomic E-state index is 6.47. The number of benzene rings is 1. The van der Waals surface area contributed by atoms with Crippen LogP contribution >= 0.6 is 12.2 Å². The van der Waals surface area contributed by atoms with Gasteiger partial charge in [0.05, 0.1) is 13.2 Å². The van der Waals surface area contributed by atoms with E-state index in [0.29, 0.717) is 6.61 Å². The van der Waals surface area contributed by atoms with Gasteiger partial charge in [0.25, 0.3) is 0 Å². The average molecular weight is 336 g/mol. The van der Waals surface area contributed by atoms with Gasteiger partial charge >= 0.3 is 0 Å². The lowest BCUT2D eigenvalue weighted by Gasteiger charge is -2.56. The lowest BCUT2D eigenvalue weighted by Crippen LogP contribution is -2.69. The van der Waals surface area contributed by atoms with Gasteiger partial charge in [-0.1, -0.05) is 19.1 Å². The number of nitrogens with zero attached hydrogens (tertiary/aromatic N) is 1. The van der Waals surface area contributed by atoms with Gasteiger partial charge in [0.2, 0.25) is 0 Å². The first kappa shape index (κ1) is 16.3. The van der Waals surface area contributed by atoms with Crippen LogP contribution < -0.4 is 14.8 Å².